The molecule has 2 aromatic rings. The Morgan fingerprint density at radius 3 is 3.06 bits per heavy atom. The van der Waals surface area contributed by atoms with E-state index >= 15 is 0 Å². The molecule has 0 spiro atoms. The van der Waals surface area contributed by atoms with E-state index in [4.69, 9.17) is 11.6 Å². The summed E-state index contributed by atoms with van der Waals surface area (Å²) in [7, 11) is 1.80. The maximum Gasteiger partial charge on any atom is 0.222 e. The molecule has 1 aliphatic heterocycles. The van der Waals surface area contributed by atoms with E-state index in [1.165, 1.54) is 5.56 Å². The van der Waals surface area contributed by atoms with Crippen molar-refractivity contribution < 1.29 is 0 Å². The van der Waals surface area contributed by atoms with Gasteiger partial charge in [0, 0.05) is 25.2 Å². The first-order chi connectivity index (χ1) is 8.79. The van der Waals surface area contributed by atoms with Crippen molar-refractivity contribution in [2.75, 3.05) is 24.2 Å². The number of para-hydroxylation sites is 1. The van der Waals surface area contributed by atoms with Crippen LogP contribution in [0.5, 0.6) is 0 Å². The van der Waals surface area contributed by atoms with Gasteiger partial charge in [-0.15, -0.1) is 0 Å². The first-order valence-corrected chi connectivity index (χ1v) is 6.20. The van der Waals surface area contributed by atoms with E-state index < -0.39 is 0 Å². The third-order valence-electron chi connectivity index (χ3n) is 3.16. The molecule has 0 bridgehead atoms. The zero-order valence-electron chi connectivity index (χ0n) is 9.94. The van der Waals surface area contributed by atoms with Crippen LogP contribution in [0.2, 0.25) is 5.02 Å². The average Bonchev–Trinajstić information content (AvgIpc) is 2.83. The molecule has 0 amide bonds. The fraction of sp³-hybridized carbons (Fsp3) is 0.231. The highest BCUT2D eigenvalue weighted by molar-refractivity contribution is 6.31. The van der Waals surface area contributed by atoms with Gasteiger partial charge in [0.2, 0.25) is 5.95 Å². The van der Waals surface area contributed by atoms with Crippen molar-refractivity contribution in [2.45, 2.75) is 5.92 Å². The number of halogens is 1. The number of aromatic nitrogens is 2. The molecule has 4 nitrogen and oxygen atoms in total. The van der Waals surface area contributed by atoms with Crippen LogP contribution in [0.15, 0.2) is 30.5 Å². The van der Waals surface area contributed by atoms with Crippen molar-refractivity contribution >= 4 is 23.2 Å². The Morgan fingerprint density at radius 1 is 1.39 bits per heavy atom. The fourth-order valence-corrected chi connectivity index (χ4v) is 2.50. The Labute approximate surface area is 110 Å². The zero-order chi connectivity index (χ0) is 12.5. The summed E-state index contributed by atoms with van der Waals surface area (Å²) >= 11 is 6.22. The Morgan fingerprint density at radius 2 is 2.22 bits per heavy atom. The van der Waals surface area contributed by atoms with E-state index in [0.29, 0.717) is 11.0 Å². The van der Waals surface area contributed by atoms with Gasteiger partial charge in [0.1, 0.15) is 0 Å². The number of hydrogen-bond acceptors (Lipinski definition) is 4. The predicted molar refractivity (Wildman–Crippen MR) is 73.4 cm³/mol. The summed E-state index contributed by atoms with van der Waals surface area (Å²) in [5, 5.41) is 6.92. The summed E-state index contributed by atoms with van der Waals surface area (Å²) in [6.07, 6.45) is 1.65. The summed E-state index contributed by atoms with van der Waals surface area (Å²) in [5.74, 6) is 0.780. The lowest BCUT2D eigenvalue weighted by Gasteiger charge is -2.12. The third-order valence-corrected chi connectivity index (χ3v) is 3.45. The lowest BCUT2D eigenvalue weighted by molar-refractivity contribution is 0.852. The fourth-order valence-electron chi connectivity index (χ4n) is 2.27. The largest absolute Gasteiger partial charge is 0.384 e. The molecule has 1 atom stereocenters. The number of nitrogens with zero attached hydrogens (tertiary/aromatic N) is 2. The highest BCUT2D eigenvalue weighted by Gasteiger charge is 2.26. The summed E-state index contributed by atoms with van der Waals surface area (Å²) in [6.45, 7) is 0.819. The molecule has 1 aromatic carbocycles. The molecule has 0 fully saturated rings. The average molecular weight is 261 g/mol. The van der Waals surface area contributed by atoms with Gasteiger partial charge in [0.05, 0.1) is 16.9 Å². The van der Waals surface area contributed by atoms with Gasteiger partial charge in [-0.2, -0.15) is 0 Å². The minimum atomic E-state index is 0.184. The molecule has 92 valence electrons. The molecule has 18 heavy (non-hydrogen) atoms. The summed E-state index contributed by atoms with van der Waals surface area (Å²) in [5.41, 5.74) is 3.26. The standard InChI is InChI=1S/C13H13ClN4/c1-15-13-17-7-10(14)12(18-13)9-6-16-11-5-3-2-4-8(9)11/h2-5,7,9,16H,6H2,1H3,(H,15,17,18). The topological polar surface area (TPSA) is 49.8 Å². The Kier molecular flexibility index (Phi) is 2.80. The van der Waals surface area contributed by atoms with Crippen LogP contribution >= 0.6 is 11.6 Å². The number of rotatable bonds is 2. The second-order valence-corrected chi connectivity index (χ2v) is 4.60. The molecule has 3 rings (SSSR count). The van der Waals surface area contributed by atoms with Gasteiger partial charge >= 0.3 is 0 Å². The van der Waals surface area contributed by atoms with Crippen LogP contribution in [0.3, 0.4) is 0 Å². The van der Waals surface area contributed by atoms with Gasteiger partial charge in [-0.25, -0.2) is 9.97 Å². The van der Waals surface area contributed by atoms with E-state index in [2.05, 4.69) is 32.7 Å². The second kappa shape index (κ2) is 4.46. The third kappa shape index (κ3) is 1.78. The molecule has 1 aliphatic rings. The van der Waals surface area contributed by atoms with Crippen LogP contribution < -0.4 is 10.6 Å². The highest BCUT2D eigenvalue weighted by atomic mass is 35.5. The van der Waals surface area contributed by atoms with Gasteiger partial charge in [-0.05, 0) is 11.6 Å². The van der Waals surface area contributed by atoms with Gasteiger partial charge in [0.15, 0.2) is 0 Å². The monoisotopic (exact) mass is 260 g/mol. The predicted octanol–water partition coefficient (Wildman–Crippen LogP) is 2.73. The van der Waals surface area contributed by atoms with Crippen molar-refractivity contribution in [1.82, 2.24) is 9.97 Å². The van der Waals surface area contributed by atoms with E-state index in [1.54, 1.807) is 13.2 Å². The maximum absolute atomic E-state index is 6.22. The molecule has 5 heteroatoms. The SMILES string of the molecule is CNc1ncc(Cl)c(C2CNc3ccccc32)n1. The molecule has 0 radical (unpaired) electrons. The molecular weight excluding hydrogens is 248 g/mol. The number of nitrogens with one attached hydrogen (secondary N) is 2. The smallest absolute Gasteiger partial charge is 0.222 e. The second-order valence-electron chi connectivity index (χ2n) is 4.20. The molecule has 0 aliphatic carbocycles. The normalized spacial score (nSPS) is 17.1. The van der Waals surface area contributed by atoms with Gasteiger partial charge < -0.3 is 10.6 Å². The summed E-state index contributed by atoms with van der Waals surface area (Å²) in [6, 6.07) is 8.24. The number of anilines is 2. The molecule has 1 aromatic heterocycles. The minimum absolute atomic E-state index is 0.184. The van der Waals surface area contributed by atoms with Crippen LogP contribution in [0, 0.1) is 0 Å². The minimum Gasteiger partial charge on any atom is -0.384 e. The van der Waals surface area contributed by atoms with Gasteiger partial charge in [0.25, 0.3) is 0 Å². The Bertz CT molecular complexity index is 585. The van der Waals surface area contributed by atoms with Crippen LogP contribution in [-0.2, 0) is 0 Å². The zero-order valence-corrected chi connectivity index (χ0v) is 10.7. The van der Waals surface area contributed by atoms with E-state index in [9.17, 15) is 0 Å². The van der Waals surface area contributed by atoms with Crippen molar-refractivity contribution in [3.63, 3.8) is 0 Å². The van der Waals surface area contributed by atoms with Crippen molar-refractivity contribution in [1.29, 1.82) is 0 Å². The highest BCUT2D eigenvalue weighted by Crippen LogP contribution is 2.37. The van der Waals surface area contributed by atoms with Crippen molar-refractivity contribution in [3.8, 4) is 0 Å². The molecule has 0 saturated carbocycles. The maximum atomic E-state index is 6.22. The van der Waals surface area contributed by atoms with E-state index in [1.807, 2.05) is 12.1 Å². The van der Waals surface area contributed by atoms with Crippen molar-refractivity contribution in [2.24, 2.45) is 0 Å². The lowest BCUT2D eigenvalue weighted by Crippen LogP contribution is -2.09. The molecule has 2 heterocycles. The van der Waals surface area contributed by atoms with Crippen LogP contribution in [-0.4, -0.2) is 23.6 Å². The quantitative estimate of drug-likeness (QED) is 0.872. The van der Waals surface area contributed by atoms with E-state index in [-0.39, 0.29) is 5.92 Å². The summed E-state index contributed by atoms with van der Waals surface area (Å²) < 4.78 is 0. The molecule has 1 unspecified atom stereocenters. The summed E-state index contributed by atoms with van der Waals surface area (Å²) in [4.78, 5) is 8.59. The molecular formula is C13H13ClN4. The molecule has 2 N–H and O–H groups in total. The number of benzene rings is 1. The van der Waals surface area contributed by atoms with Crippen LogP contribution in [0.1, 0.15) is 17.2 Å². The Hall–Kier alpha value is -1.81. The van der Waals surface area contributed by atoms with Gasteiger partial charge in [-0.3, -0.25) is 0 Å². The van der Waals surface area contributed by atoms with Crippen LogP contribution in [0.4, 0.5) is 11.6 Å². The first-order valence-electron chi connectivity index (χ1n) is 5.82. The first kappa shape index (κ1) is 11.3. The number of fused-ring (bicyclic) bond motifs is 1. The lowest BCUT2D eigenvalue weighted by atomic mass is 9.98. The Balaban J connectivity index is 2.07. The molecule has 0 saturated heterocycles. The van der Waals surface area contributed by atoms with E-state index in [0.717, 1.165) is 17.9 Å². The van der Waals surface area contributed by atoms with Gasteiger partial charge in [-0.1, -0.05) is 29.8 Å². The number of hydrogen-bond donors (Lipinski definition) is 2. The van der Waals surface area contributed by atoms with Crippen LogP contribution in [0.25, 0.3) is 0 Å². The van der Waals surface area contributed by atoms with Crippen molar-refractivity contribution in [3.05, 3.63) is 46.7 Å².